The van der Waals surface area contributed by atoms with Gasteiger partial charge in [-0.3, -0.25) is 0 Å². The maximum atomic E-state index is 6.05. The van der Waals surface area contributed by atoms with Crippen molar-refractivity contribution in [3.8, 4) is 5.75 Å². The maximum Gasteiger partial charge on any atom is 0.134 e. The van der Waals surface area contributed by atoms with Gasteiger partial charge in [0.2, 0.25) is 0 Å². The third-order valence-electron chi connectivity index (χ3n) is 3.77. The first-order chi connectivity index (χ1) is 8.92. The molecule has 0 amide bonds. The van der Waals surface area contributed by atoms with Crippen LogP contribution in [0.3, 0.4) is 0 Å². The molecule has 0 aromatic heterocycles. The summed E-state index contributed by atoms with van der Waals surface area (Å²) in [5.74, 6) is 0.940. The van der Waals surface area contributed by atoms with E-state index in [1.54, 1.807) is 0 Å². The van der Waals surface area contributed by atoms with E-state index in [-0.39, 0.29) is 13.8 Å². The summed E-state index contributed by atoms with van der Waals surface area (Å²) >= 11 is 3.67. The van der Waals surface area contributed by atoms with Crippen LogP contribution in [0.5, 0.6) is 5.75 Å². The minimum atomic E-state index is -0.375. The summed E-state index contributed by atoms with van der Waals surface area (Å²) < 4.78 is 7.11. The van der Waals surface area contributed by atoms with Gasteiger partial charge in [-0.15, -0.1) is 0 Å². The van der Waals surface area contributed by atoms with E-state index in [2.05, 4.69) is 79.3 Å². The van der Waals surface area contributed by atoms with E-state index in [1.807, 2.05) is 0 Å². The highest BCUT2D eigenvalue weighted by atomic mass is 79.9. The number of benzene rings is 2. The summed E-state index contributed by atoms with van der Waals surface area (Å²) in [7, 11) is -0.375. The van der Waals surface area contributed by atoms with Crippen molar-refractivity contribution in [1.29, 1.82) is 0 Å². The van der Waals surface area contributed by atoms with Crippen LogP contribution in [0.15, 0.2) is 40.9 Å². The molecule has 0 heterocycles. The summed E-state index contributed by atoms with van der Waals surface area (Å²) in [6.45, 7) is 10.0. The van der Waals surface area contributed by atoms with Gasteiger partial charge >= 0.3 is 0 Å². The number of ether oxygens (including phenoxy) is 1. The highest BCUT2D eigenvalue weighted by Gasteiger charge is 2.25. The van der Waals surface area contributed by atoms with Crippen molar-refractivity contribution in [1.82, 2.24) is 0 Å². The number of hydrogen-bond donors (Lipinski definition) is 0. The molecule has 0 unspecified atom stereocenters. The van der Waals surface area contributed by atoms with Gasteiger partial charge in [0.25, 0.3) is 0 Å². The molecule has 0 spiro atoms. The van der Waals surface area contributed by atoms with E-state index in [9.17, 15) is 0 Å². The highest BCUT2D eigenvalue weighted by molar-refractivity contribution is 9.10. The van der Waals surface area contributed by atoms with E-state index in [1.165, 1.54) is 10.8 Å². The molecule has 0 N–H and O–H groups in total. The van der Waals surface area contributed by atoms with Crippen LogP contribution in [-0.4, -0.2) is 15.4 Å². The van der Waals surface area contributed by atoms with Gasteiger partial charge in [0.05, 0.1) is 19.9 Å². The Balaban J connectivity index is 2.25. The fraction of sp³-hybridized carbons (Fsp3) is 0.375. The van der Waals surface area contributed by atoms with Crippen molar-refractivity contribution in [3.05, 3.63) is 40.9 Å². The minimum Gasteiger partial charge on any atom is -0.492 e. The molecule has 0 saturated carbocycles. The molecule has 1 radical (unpaired) electrons. The fourth-order valence-corrected chi connectivity index (χ4v) is 2.70. The van der Waals surface area contributed by atoms with Crippen molar-refractivity contribution in [2.75, 3.05) is 6.61 Å². The molecule has 0 atom stereocenters. The van der Waals surface area contributed by atoms with Gasteiger partial charge < -0.3 is 4.74 Å². The largest absolute Gasteiger partial charge is 0.492 e. The van der Waals surface area contributed by atoms with Gasteiger partial charge in [-0.2, -0.15) is 0 Å². The Morgan fingerprint density at radius 2 is 1.79 bits per heavy atom. The molecule has 1 nitrogen and oxygen atoms in total. The summed E-state index contributed by atoms with van der Waals surface area (Å²) in [6.07, 6.45) is 0. The first-order valence-corrected chi connectivity index (χ1v) is 9.82. The summed E-state index contributed by atoms with van der Waals surface area (Å²) in [6, 6.07) is 12.5. The van der Waals surface area contributed by atoms with Crippen molar-refractivity contribution in [2.45, 2.75) is 32.0 Å². The van der Waals surface area contributed by atoms with Crippen LogP contribution >= 0.6 is 15.9 Å². The monoisotopic (exact) mass is 335 g/mol. The van der Waals surface area contributed by atoms with Gasteiger partial charge in [0.1, 0.15) is 5.75 Å². The average Bonchev–Trinajstić information content (AvgIpc) is 2.38. The Labute approximate surface area is 125 Å². The summed E-state index contributed by atoms with van der Waals surface area (Å²) in [5, 5.41) is 2.71. The smallest absolute Gasteiger partial charge is 0.134 e. The lowest BCUT2D eigenvalue weighted by molar-refractivity contribution is 0.275. The molecule has 0 bridgehead atoms. The molecule has 2 rings (SSSR count). The molecule has 0 aliphatic rings. The Kier molecular flexibility index (Phi) is 4.36. The summed E-state index contributed by atoms with van der Waals surface area (Å²) in [4.78, 5) is 0. The van der Waals surface area contributed by atoms with Gasteiger partial charge in [-0.1, -0.05) is 57.3 Å². The lowest BCUT2D eigenvalue weighted by Gasteiger charge is -2.28. The Morgan fingerprint density at radius 1 is 1.11 bits per heavy atom. The van der Waals surface area contributed by atoms with Crippen molar-refractivity contribution < 1.29 is 4.74 Å². The van der Waals surface area contributed by atoms with Gasteiger partial charge in [-0.25, -0.2) is 0 Å². The Morgan fingerprint density at radius 3 is 2.47 bits per heavy atom. The first kappa shape index (κ1) is 14.6. The predicted molar refractivity (Wildman–Crippen MR) is 88.7 cm³/mol. The quantitative estimate of drug-likeness (QED) is 0.669. The Hall–Kier alpha value is -0.803. The van der Waals surface area contributed by atoms with Gasteiger partial charge in [0, 0.05) is 0 Å². The second-order valence-corrected chi connectivity index (χ2v) is 9.92. The average molecular weight is 336 g/mol. The molecule has 101 valence electrons. The number of fused-ring (bicyclic) bond motifs is 1. The van der Waals surface area contributed by atoms with Crippen LogP contribution < -0.4 is 4.74 Å². The van der Waals surface area contributed by atoms with E-state index >= 15 is 0 Å². The van der Waals surface area contributed by atoms with E-state index in [4.69, 9.17) is 4.74 Å². The van der Waals surface area contributed by atoms with Crippen LogP contribution in [0.1, 0.15) is 13.8 Å². The van der Waals surface area contributed by atoms with Crippen LogP contribution in [0.4, 0.5) is 0 Å². The fourth-order valence-electron chi connectivity index (χ4n) is 1.73. The maximum absolute atomic E-state index is 6.05. The van der Waals surface area contributed by atoms with Crippen LogP contribution in [-0.2, 0) is 0 Å². The normalized spacial score (nSPS) is 12.1. The minimum absolute atomic E-state index is 0.274. The third kappa shape index (κ3) is 3.21. The standard InChI is InChI=1S/C16H20BrOSi/c1-16(2,19(3)4)11-18-14-10-9-12-7-5-6-8-13(12)15(14)17/h5-10H,11H2,1-4H3. The molecular weight excluding hydrogens is 316 g/mol. The number of halogens is 1. The van der Waals surface area contributed by atoms with Crippen molar-refractivity contribution >= 4 is 35.5 Å². The SMILES string of the molecule is C[Si](C)C(C)(C)COc1ccc2ccccc2c1Br. The number of hydrogen-bond acceptors (Lipinski definition) is 1. The Bertz CT molecular complexity index is 578. The zero-order valence-electron chi connectivity index (χ0n) is 12.0. The zero-order chi connectivity index (χ0) is 14.0. The van der Waals surface area contributed by atoms with E-state index in [0.717, 1.165) is 16.8 Å². The second kappa shape index (κ2) is 5.67. The molecule has 2 aromatic carbocycles. The highest BCUT2D eigenvalue weighted by Crippen LogP contribution is 2.35. The van der Waals surface area contributed by atoms with Gasteiger partial charge in [0.15, 0.2) is 0 Å². The molecule has 0 aliphatic heterocycles. The first-order valence-electron chi connectivity index (χ1n) is 6.52. The summed E-state index contributed by atoms with van der Waals surface area (Å²) in [5.41, 5.74) is 0. The lowest BCUT2D eigenvalue weighted by atomic mass is 10.1. The lowest BCUT2D eigenvalue weighted by Crippen LogP contribution is -2.27. The molecule has 3 heteroatoms. The second-order valence-electron chi connectivity index (χ2n) is 5.77. The van der Waals surface area contributed by atoms with Crippen LogP contribution in [0, 0.1) is 0 Å². The molecular formula is C16H20BrOSi. The van der Waals surface area contributed by atoms with Crippen LogP contribution in [0.2, 0.25) is 18.1 Å². The predicted octanol–water partition coefficient (Wildman–Crippen LogP) is 5.52. The van der Waals surface area contributed by atoms with Gasteiger partial charge in [-0.05, 0) is 37.8 Å². The number of rotatable bonds is 4. The molecule has 0 fully saturated rings. The van der Waals surface area contributed by atoms with E-state index < -0.39 is 0 Å². The van der Waals surface area contributed by atoms with Crippen LogP contribution in [0.25, 0.3) is 10.8 Å². The van der Waals surface area contributed by atoms with E-state index in [0.29, 0.717) is 0 Å². The third-order valence-corrected chi connectivity index (χ3v) is 7.44. The zero-order valence-corrected chi connectivity index (χ0v) is 14.5. The molecule has 19 heavy (non-hydrogen) atoms. The molecule has 0 aliphatic carbocycles. The topological polar surface area (TPSA) is 9.23 Å². The van der Waals surface area contributed by atoms with Crippen molar-refractivity contribution in [2.24, 2.45) is 0 Å². The molecule has 2 aromatic rings. The molecule has 0 saturated heterocycles. The van der Waals surface area contributed by atoms with Crippen molar-refractivity contribution in [3.63, 3.8) is 0 Å².